The monoisotopic (exact) mass is 297 g/mol. The summed E-state index contributed by atoms with van der Waals surface area (Å²) in [5.74, 6) is 0.130. The van der Waals surface area contributed by atoms with Crippen molar-refractivity contribution in [3.8, 4) is 6.07 Å². The van der Waals surface area contributed by atoms with Crippen LogP contribution in [-0.2, 0) is 11.2 Å². The molecule has 2 rings (SSSR count). The molecule has 1 heterocycles. The molecule has 0 spiro atoms. The molecule has 0 aromatic carbocycles. The lowest BCUT2D eigenvalue weighted by Gasteiger charge is -2.28. The molecule has 16 heavy (non-hydrogen) atoms. The van der Waals surface area contributed by atoms with Crippen LogP contribution in [-0.4, -0.2) is 5.78 Å². The Balaban J connectivity index is 2.22. The van der Waals surface area contributed by atoms with Crippen molar-refractivity contribution in [2.45, 2.75) is 32.1 Å². The number of thiophene rings is 1. The number of rotatable bonds is 2. The van der Waals surface area contributed by atoms with E-state index in [1.165, 1.54) is 0 Å². The molecular weight excluding hydrogens is 286 g/mol. The van der Waals surface area contributed by atoms with Crippen molar-refractivity contribution in [2.24, 2.45) is 5.41 Å². The third-order valence-corrected chi connectivity index (χ3v) is 4.80. The van der Waals surface area contributed by atoms with Gasteiger partial charge in [-0.1, -0.05) is 6.42 Å². The van der Waals surface area contributed by atoms with E-state index in [4.69, 9.17) is 0 Å². The zero-order chi connectivity index (χ0) is 11.6. The molecular formula is C12H12BrNOS. The number of nitrogens with zero attached hydrogens (tertiary/aromatic N) is 1. The zero-order valence-corrected chi connectivity index (χ0v) is 11.2. The number of carbonyl (C=O) groups excluding carboxylic acids is 1. The molecule has 1 unspecified atom stereocenters. The van der Waals surface area contributed by atoms with Crippen molar-refractivity contribution in [3.63, 3.8) is 0 Å². The van der Waals surface area contributed by atoms with Gasteiger partial charge in [-0.2, -0.15) is 5.26 Å². The van der Waals surface area contributed by atoms with Crippen LogP contribution in [0.3, 0.4) is 0 Å². The molecule has 0 amide bonds. The molecule has 1 aliphatic rings. The average molecular weight is 298 g/mol. The van der Waals surface area contributed by atoms with E-state index in [2.05, 4.69) is 22.0 Å². The maximum absolute atomic E-state index is 11.9. The number of carbonyl (C=O) groups is 1. The molecule has 1 aliphatic carbocycles. The largest absolute Gasteiger partial charge is 0.298 e. The first-order valence-electron chi connectivity index (χ1n) is 5.34. The first-order valence-corrected chi connectivity index (χ1v) is 7.01. The average Bonchev–Trinajstić information content (AvgIpc) is 2.67. The molecule has 0 N–H and O–H groups in total. The van der Waals surface area contributed by atoms with Gasteiger partial charge in [0.1, 0.15) is 5.41 Å². The van der Waals surface area contributed by atoms with E-state index in [9.17, 15) is 10.1 Å². The van der Waals surface area contributed by atoms with Gasteiger partial charge < -0.3 is 0 Å². The number of ketones is 1. The van der Waals surface area contributed by atoms with Crippen LogP contribution >= 0.6 is 27.3 Å². The van der Waals surface area contributed by atoms with E-state index in [-0.39, 0.29) is 5.78 Å². The van der Waals surface area contributed by atoms with Crippen molar-refractivity contribution in [2.75, 3.05) is 0 Å². The Bertz CT molecular complexity index is 448. The van der Waals surface area contributed by atoms with E-state index in [0.29, 0.717) is 12.8 Å². The van der Waals surface area contributed by atoms with Gasteiger partial charge in [0.05, 0.1) is 6.07 Å². The van der Waals surface area contributed by atoms with Gasteiger partial charge in [0, 0.05) is 27.6 Å². The first-order chi connectivity index (χ1) is 7.66. The molecule has 4 heteroatoms. The van der Waals surface area contributed by atoms with Crippen LogP contribution in [0, 0.1) is 16.7 Å². The van der Waals surface area contributed by atoms with Crippen LogP contribution in [0.4, 0.5) is 0 Å². The summed E-state index contributed by atoms with van der Waals surface area (Å²) in [5.41, 5.74) is -0.747. The minimum absolute atomic E-state index is 0.130. The van der Waals surface area contributed by atoms with Crippen LogP contribution in [0.25, 0.3) is 0 Å². The van der Waals surface area contributed by atoms with Gasteiger partial charge in [-0.15, -0.1) is 11.3 Å². The molecule has 84 valence electrons. The molecule has 1 fully saturated rings. The van der Waals surface area contributed by atoms with Crippen LogP contribution in [0.2, 0.25) is 0 Å². The van der Waals surface area contributed by atoms with Gasteiger partial charge >= 0.3 is 0 Å². The fourth-order valence-electron chi connectivity index (χ4n) is 2.18. The summed E-state index contributed by atoms with van der Waals surface area (Å²) in [4.78, 5) is 13.0. The summed E-state index contributed by atoms with van der Waals surface area (Å²) < 4.78 is 1.03. The topological polar surface area (TPSA) is 40.9 Å². The highest BCUT2D eigenvalue weighted by atomic mass is 79.9. The lowest BCUT2D eigenvalue weighted by molar-refractivity contribution is -0.128. The summed E-state index contributed by atoms with van der Waals surface area (Å²) in [6.07, 6.45) is 3.80. The SMILES string of the molecule is N#CC1(Cc2cc(Br)cs2)CCCCC1=O. The van der Waals surface area contributed by atoms with E-state index in [1.54, 1.807) is 11.3 Å². The van der Waals surface area contributed by atoms with E-state index in [0.717, 1.165) is 28.6 Å². The quantitative estimate of drug-likeness (QED) is 0.835. The number of Topliss-reactive ketones (excluding diaryl/α,β-unsaturated/α-hetero) is 1. The Morgan fingerprint density at radius 3 is 2.94 bits per heavy atom. The Kier molecular flexibility index (Phi) is 3.46. The Labute approximate surface area is 107 Å². The number of nitriles is 1. The van der Waals surface area contributed by atoms with Gasteiger partial charge in [-0.25, -0.2) is 0 Å². The lowest BCUT2D eigenvalue weighted by atomic mass is 9.71. The summed E-state index contributed by atoms with van der Waals surface area (Å²) in [7, 11) is 0. The zero-order valence-electron chi connectivity index (χ0n) is 8.83. The summed E-state index contributed by atoms with van der Waals surface area (Å²) in [6.45, 7) is 0. The number of halogens is 1. The van der Waals surface area contributed by atoms with Gasteiger partial charge in [0.25, 0.3) is 0 Å². The van der Waals surface area contributed by atoms with Crippen LogP contribution < -0.4 is 0 Å². The summed E-state index contributed by atoms with van der Waals surface area (Å²) in [6, 6.07) is 4.27. The minimum atomic E-state index is -0.747. The first kappa shape index (κ1) is 11.8. The molecule has 1 aromatic rings. The van der Waals surface area contributed by atoms with Crippen molar-refractivity contribution in [1.82, 2.24) is 0 Å². The highest BCUT2D eigenvalue weighted by Gasteiger charge is 2.40. The maximum atomic E-state index is 11.9. The third-order valence-electron chi connectivity index (χ3n) is 3.10. The van der Waals surface area contributed by atoms with Crippen LogP contribution in [0.15, 0.2) is 15.9 Å². The molecule has 2 nitrogen and oxygen atoms in total. The second-order valence-electron chi connectivity index (χ2n) is 4.23. The predicted octanol–water partition coefficient (Wildman–Crippen LogP) is 3.71. The molecule has 0 bridgehead atoms. The minimum Gasteiger partial charge on any atom is -0.298 e. The molecule has 0 aliphatic heterocycles. The Hall–Kier alpha value is -0.660. The molecule has 1 atom stereocenters. The molecule has 0 radical (unpaired) electrons. The second kappa shape index (κ2) is 4.68. The smallest absolute Gasteiger partial charge is 0.153 e. The molecule has 0 saturated heterocycles. The van der Waals surface area contributed by atoms with Crippen molar-refractivity contribution >= 4 is 33.0 Å². The van der Waals surface area contributed by atoms with Crippen molar-refractivity contribution < 1.29 is 4.79 Å². The maximum Gasteiger partial charge on any atom is 0.153 e. The van der Waals surface area contributed by atoms with E-state index >= 15 is 0 Å². The Morgan fingerprint density at radius 1 is 1.56 bits per heavy atom. The van der Waals surface area contributed by atoms with Crippen LogP contribution in [0.1, 0.15) is 30.6 Å². The van der Waals surface area contributed by atoms with Crippen LogP contribution in [0.5, 0.6) is 0 Å². The summed E-state index contributed by atoms with van der Waals surface area (Å²) in [5, 5.41) is 11.3. The normalized spacial score (nSPS) is 25.4. The highest BCUT2D eigenvalue weighted by molar-refractivity contribution is 9.10. The van der Waals surface area contributed by atoms with Gasteiger partial charge in [-0.05, 0) is 34.8 Å². The predicted molar refractivity (Wildman–Crippen MR) is 67.2 cm³/mol. The third kappa shape index (κ3) is 2.21. The highest BCUT2D eigenvalue weighted by Crippen LogP contribution is 2.37. The fraction of sp³-hybridized carbons (Fsp3) is 0.500. The lowest BCUT2D eigenvalue weighted by Crippen LogP contribution is -2.34. The number of hydrogen-bond donors (Lipinski definition) is 0. The second-order valence-corrected chi connectivity index (χ2v) is 6.14. The fourth-order valence-corrected chi connectivity index (χ4v) is 3.74. The Morgan fingerprint density at radius 2 is 2.38 bits per heavy atom. The van der Waals surface area contributed by atoms with Gasteiger partial charge in [0.15, 0.2) is 5.78 Å². The van der Waals surface area contributed by atoms with E-state index in [1.807, 2.05) is 11.4 Å². The standard InChI is InChI=1S/C12H12BrNOS/c13-9-5-10(16-7-9)6-12(8-14)4-2-1-3-11(12)15/h5,7H,1-4,6H2. The van der Waals surface area contributed by atoms with Crippen molar-refractivity contribution in [1.29, 1.82) is 5.26 Å². The number of hydrogen-bond acceptors (Lipinski definition) is 3. The summed E-state index contributed by atoms with van der Waals surface area (Å²) >= 11 is 5.00. The van der Waals surface area contributed by atoms with Gasteiger partial charge in [0.2, 0.25) is 0 Å². The molecule has 1 saturated carbocycles. The van der Waals surface area contributed by atoms with Crippen molar-refractivity contribution in [3.05, 3.63) is 20.8 Å². The van der Waals surface area contributed by atoms with Gasteiger partial charge in [-0.3, -0.25) is 4.79 Å². The molecule has 1 aromatic heterocycles. The van der Waals surface area contributed by atoms with E-state index < -0.39 is 5.41 Å².